The van der Waals surface area contributed by atoms with Crippen molar-refractivity contribution in [3.8, 4) is 5.75 Å². The Bertz CT molecular complexity index is 445. The van der Waals surface area contributed by atoms with Gasteiger partial charge in [0.1, 0.15) is 5.75 Å². The summed E-state index contributed by atoms with van der Waals surface area (Å²) in [4.78, 5) is 2.41. The number of benzene rings is 1. The summed E-state index contributed by atoms with van der Waals surface area (Å²) in [5, 5.41) is 0. The minimum absolute atomic E-state index is 0.214. The van der Waals surface area contributed by atoms with E-state index < -0.39 is 0 Å². The first-order valence-corrected chi connectivity index (χ1v) is 7.77. The zero-order chi connectivity index (χ0) is 14.7. The van der Waals surface area contributed by atoms with E-state index in [2.05, 4.69) is 46.8 Å². The van der Waals surface area contributed by atoms with Crippen LogP contribution in [0.2, 0.25) is 0 Å². The molecular weight excluding hydrogens is 320 g/mol. The minimum Gasteiger partial charge on any atom is -0.496 e. The second kappa shape index (κ2) is 6.89. The van der Waals surface area contributed by atoms with E-state index in [0.717, 1.165) is 23.3 Å². The summed E-state index contributed by atoms with van der Waals surface area (Å²) in [6.45, 7) is 6.64. The largest absolute Gasteiger partial charge is 0.496 e. The lowest BCUT2D eigenvalue weighted by Gasteiger charge is -2.40. The van der Waals surface area contributed by atoms with E-state index in [1.165, 1.54) is 5.56 Å². The fourth-order valence-electron chi connectivity index (χ4n) is 2.86. The highest BCUT2D eigenvalue weighted by Gasteiger charge is 2.28. The van der Waals surface area contributed by atoms with Gasteiger partial charge in [0.2, 0.25) is 0 Å². The third-order valence-corrected chi connectivity index (χ3v) is 4.29. The second-order valence-electron chi connectivity index (χ2n) is 5.36. The molecule has 3 atom stereocenters. The minimum atomic E-state index is 0.214. The molecule has 0 bridgehead atoms. The number of nitrogens with zero attached hydrogens (tertiary/aromatic N) is 1. The van der Waals surface area contributed by atoms with Crippen LogP contribution in [0, 0.1) is 0 Å². The molecule has 1 saturated heterocycles. The molecule has 0 aliphatic carbocycles. The number of nitrogens with two attached hydrogens (primary N) is 1. The van der Waals surface area contributed by atoms with Crippen molar-refractivity contribution in [2.24, 2.45) is 5.73 Å². The van der Waals surface area contributed by atoms with Gasteiger partial charge in [-0.25, -0.2) is 0 Å². The third-order valence-electron chi connectivity index (χ3n) is 3.67. The average molecular weight is 343 g/mol. The Morgan fingerprint density at radius 3 is 2.55 bits per heavy atom. The van der Waals surface area contributed by atoms with E-state index >= 15 is 0 Å². The highest BCUT2D eigenvalue weighted by molar-refractivity contribution is 9.10. The lowest BCUT2D eigenvalue weighted by atomic mass is 10.0. The van der Waals surface area contributed by atoms with Gasteiger partial charge < -0.3 is 15.2 Å². The predicted molar refractivity (Wildman–Crippen MR) is 84.1 cm³/mol. The Hall–Kier alpha value is -0.620. The third kappa shape index (κ3) is 3.52. The van der Waals surface area contributed by atoms with Crippen LogP contribution >= 0.6 is 15.9 Å². The van der Waals surface area contributed by atoms with Crippen LogP contribution in [-0.2, 0) is 4.74 Å². The normalized spacial score (nSPS) is 25.4. The van der Waals surface area contributed by atoms with Gasteiger partial charge in [-0.2, -0.15) is 0 Å². The van der Waals surface area contributed by atoms with Crippen LogP contribution in [0.1, 0.15) is 25.5 Å². The standard InChI is InChI=1S/C15H23BrN2O2/c1-10-8-18(9-11(2)20-10)14(7-17)12-4-5-15(19-3)13(16)6-12/h4-6,10-11,14H,7-9,17H2,1-3H3. The number of hydrogen-bond donors (Lipinski definition) is 1. The molecule has 0 radical (unpaired) electrons. The zero-order valence-corrected chi connectivity index (χ0v) is 13.9. The van der Waals surface area contributed by atoms with Gasteiger partial charge in [0.15, 0.2) is 0 Å². The summed E-state index contributed by atoms with van der Waals surface area (Å²) in [7, 11) is 1.67. The van der Waals surface area contributed by atoms with Crippen molar-refractivity contribution in [2.45, 2.75) is 32.1 Å². The molecule has 4 nitrogen and oxygen atoms in total. The summed E-state index contributed by atoms with van der Waals surface area (Å²) < 4.78 is 12.0. The number of ether oxygens (including phenoxy) is 2. The van der Waals surface area contributed by atoms with Gasteiger partial charge in [0.25, 0.3) is 0 Å². The fraction of sp³-hybridized carbons (Fsp3) is 0.600. The summed E-state index contributed by atoms with van der Waals surface area (Å²) in [6.07, 6.45) is 0.490. The van der Waals surface area contributed by atoms with Crippen molar-refractivity contribution in [3.63, 3.8) is 0 Å². The maximum absolute atomic E-state index is 6.02. The second-order valence-corrected chi connectivity index (χ2v) is 6.21. The highest BCUT2D eigenvalue weighted by Crippen LogP contribution is 2.31. The van der Waals surface area contributed by atoms with Crippen molar-refractivity contribution in [3.05, 3.63) is 28.2 Å². The molecule has 1 aromatic rings. The van der Waals surface area contributed by atoms with Crippen LogP contribution in [0.4, 0.5) is 0 Å². The first kappa shape index (κ1) is 15.8. The summed E-state index contributed by atoms with van der Waals surface area (Å²) >= 11 is 3.54. The number of rotatable bonds is 4. The van der Waals surface area contributed by atoms with Gasteiger partial charge in [-0.05, 0) is 47.5 Å². The van der Waals surface area contributed by atoms with Crippen molar-refractivity contribution in [1.82, 2.24) is 4.90 Å². The summed E-state index contributed by atoms with van der Waals surface area (Å²) in [5.74, 6) is 0.841. The molecule has 2 N–H and O–H groups in total. The Labute approximate surface area is 129 Å². The Morgan fingerprint density at radius 1 is 1.40 bits per heavy atom. The molecule has 1 heterocycles. The van der Waals surface area contributed by atoms with E-state index in [4.69, 9.17) is 15.2 Å². The highest BCUT2D eigenvalue weighted by atomic mass is 79.9. The van der Waals surface area contributed by atoms with E-state index in [1.807, 2.05) is 6.07 Å². The van der Waals surface area contributed by atoms with Crippen LogP contribution in [-0.4, -0.2) is 43.9 Å². The van der Waals surface area contributed by atoms with Gasteiger partial charge in [-0.1, -0.05) is 6.07 Å². The molecule has 20 heavy (non-hydrogen) atoms. The van der Waals surface area contributed by atoms with Crippen molar-refractivity contribution in [2.75, 3.05) is 26.7 Å². The van der Waals surface area contributed by atoms with Crippen molar-refractivity contribution < 1.29 is 9.47 Å². The van der Waals surface area contributed by atoms with Crippen LogP contribution < -0.4 is 10.5 Å². The number of methoxy groups -OCH3 is 1. The lowest BCUT2D eigenvalue weighted by molar-refractivity contribution is -0.0799. The van der Waals surface area contributed by atoms with Crippen LogP contribution in [0.15, 0.2) is 22.7 Å². The van der Waals surface area contributed by atoms with Crippen molar-refractivity contribution >= 4 is 15.9 Å². The molecule has 2 rings (SSSR count). The molecule has 0 amide bonds. The fourth-order valence-corrected chi connectivity index (χ4v) is 3.42. The van der Waals surface area contributed by atoms with Gasteiger partial charge in [0.05, 0.1) is 23.8 Å². The van der Waals surface area contributed by atoms with Gasteiger partial charge in [-0.15, -0.1) is 0 Å². The molecule has 0 aromatic heterocycles. The van der Waals surface area contributed by atoms with Gasteiger partial charge in [0, 0.05) is 25.7 Å². The Morgan fingerprint density at radius 2 is 2.05 bits per heavy atom. The van der Waals surface area contributed by atoms with E-state index in [9.17, 15) is 0 Å². The zero-order valence-electron chi connectivity index (χ0n) is 12.3. The molecule has 0 spiro atoms. The molecule has 1 aliphatic rings. The number of halogens is 1. The first-order chi connectivity index (χ1) is 9.55. The predicted octanol–water partition coefficient (Wildman–Crippen LogP) is 2.57. The monoisotopic (exact) mass is 342 g/mol. The number of hydrogen-bond acceptors (Lipinski definition) is 4. The van der Waals surface area contributed by atoms with E-state index in [1.54, 1.807) is 7.11 Å². The first-order valence-electron chi connectivity index (χ1n) is 6.98. The summed E-state index contributed by atoms with van der Waals surface area (Å²) in [5.41, 5.74) is 7.23. The van der Waals surface area contributed by atoms with Crippen LogP contribution in [0.5, 0.6) is 5.75 Å². The quantitative estimate of drug-likeness (QED) is 0.913. The smallest absolute Gasteiger partial charge is 0.133 e. The molecule has 5 heteroatoms. The Kier molecular flexibility index (Phi) is 5.43. The van der Waals surface area contributed by atoms with Gasteiger partial charge in [-0.3, -0.25) is 4.90 Å². The van der Waals surface area contributed by atoms with E-state index in [-0.39, 0.29) is 18.2 Å². The van der Waals surface area contributed by atoms with E-state index in [0.29, 0.717) is 6.54 Å². The van der Waals surface area contributed by atoms with Gasteiger partial charge >= 0.3 is 0 Å². The SMILES string of the molecule is COc1ccc(C(CN)N2CC(C)OC(C)C2)cc1Br. The molecule has 3 unspecified atom stereocenters. The number of morpholine rings is 1. The maximum atomic E-state index is 6.02. The molecule has 1 aliphatic heterocycles. The molecule has 112 valence electrons. The molecule has 0 saturated carbocycles. The molecule has 1 aromatic carbocycles. The van der Waals surface area contributed by atoms with Crippen LogP contribution in [0.3, 0.4) is 0 Å². The summed E-state index contributed by atoms with van der Waals surface area (Å²) in [6, 6.07) is 6.38. The molecule has 1 fully saturated rings. The Balaban J connectivity index is 2.21. The van der Waals surface area contributed by atoms with Crippen LogP contribution in [0.25, 0.3) is 0 Å². The maximum Gasteiger partial charge on any atom is 0.133 e. The lowest BCUT2D eigenvalue weighted by Crippen LogP contribution is -2.48. The average Bonchev–Trinajstić information content (AvgIpc) is 2.38. The van der Waals surface area contributed by atoms with Crippen molar-refractivity contribution in [1.29, 1.82) is 0 Å². The topological polar surface area (TPSA) is 47.7 Å². The molecular formula is C15H23BrN2O2.